The van der Waals surface area contributed by atoms with Gasteiger partial charge in [0.2, 0.25) is 0 Å². The summed E-state index contributed by atoms with van der Waals surface area (Å²) in [6.07, 6.45) is 0.627. The average molecular weight is 327 g/mol. The quantitative estimate of drug-likeness (QED) is 0.784. The number of hydrogen-bond donors (Lipinski definition) is 0. The molecule has 0 aliphatic rings. The van der Waals surface area contributed by atoms with Gasteiger partial charge >= 0.3 is 5.97 Å². The number of hydroxylamine groups is 2. The maximum Gasteiger partial charge on any atom is 0.363 e. The molecule has 0 unspecified atom stereocenters. The molecule has 5 heteroatoms. The van der Waals surface area contributed by atoms with Crippen molar-refractivity contribution in [1.29, 1.82) is 0 Å². The molecule has 0 aliphatic heterocycles. The Hall–Kier alpha value is -2.95. The Kier molecular flexibility index (Phi) is 5.84. The summed E-state index contributed by atoms with van der Waals surface area (Å²) in [5, 5.41) is 0.893. The van der Waals surface area contributed by atoms with E-state index >= 15 is 0 Å². The molecule has 0 fully saturated rings. The Morgan fingerprint density at radius 3 is 2.25 bits per heavy atom. The lowest BCUT2D eigenvalue weighted by molar-refractivity contribution is -0.161. The molecule has 2 rings (SSSR count). The predicted octanol–water partition coefficient (Wildman–Crippen LogP) is 3.85. The van der Waals surface area contributed by atoms with Crippen molar-refractivity contribution in [2.24, 2.45) is 0 Å². The topological polar surface area (TPSA) is 46.6 Å². The van der Waals surface area contributed by atoms with Crippen molar-refractivity contribution in [3.8, 4) is 0 Å². The predicted molar refractivity (Wildman–Crippen MR) is 89.3 cm³/mol. The summed E-state index contributed by atoms with van der Waals surface area (Å²) in [5.74, 6) is -1.51. The van der Waals surface area contributed by atoms with E-state index in [1.54, 1.807) is 0 Å². The van der Waals surface area contributed by atoms with Crippen LogP contribution in [0.2, 0.25) is 0 Å². The second-order valence-electron chi connectivity index (χ2n) is 5.25. The van der Waals surface area contributed by atoms with Crippen LogP contribution in [0.4, 0.5) is 4.39 Å². The van der Waals surface area contributed by atoms with Gasteiger partial charge in [-0.15, -0.1) is 0 Å². The summed E-state index contributed by atoms with van der Waals surface area (Å²) in [6.45, 7) is 3.96. The van der Waals surface area contributed by atoms with Crippen molar-refractivity contribution in [3.63, 3.8) is 0 Å². The smallest absolute Gasteiger partial charge is 0.333 e. The highest BCUT2D eigenvalue weighted by atomic mass is 19.1. The first-order valence-electron chi connectivity index (χ1n) is 7.45. The summed E-state index contributed by atoms with van der Waals surface area (Å²) in [5.41, 5.74) is 1.98. The van der Waals surface area contributed by atoms with Crippen LogP contribution in [-0.2, 0) is 9.63 Å². The molecule has 0 heterocycles. The lowest BCUT2D eigenvalue weighted by Gasteiger charge is -2.16. The van der Waals surface area contributed by atoms with Crippen molar-refractivity contribution >= 4 is 17.4 Å². The zero-order valence-corrected chi connectivity index (χ0v) is 13.4. The van der Waals surface area contributed by atoms with E-state index in [-0.39, 0.29) is 17.9 Å². The van der Waals surface area contributed by atoms with E-state index in [0.29, 0.717) is 6.42 Å². The van der Waals surface area contributed by atoms with Crippen LogP contribution in [0.5, 0.6) is 0 Å². The molecule has 24 heavy (non-hydrogen) atoms. The average Bonchev–Trinajstić information content (AvgIpc) is 2.60. The van der Waals surface area contributed by atoms with E-state index in [1.807, 2.05) is 30.3 Å². The van der Waals surface area contributed by atoms with E-state index in [4.69, 9.17) is 4.84 Å². The normalized spacial score (nSPS) is 10.1. The fourth-order valence-corrected chi connectivity index (χ4v) is 2.05. The van der Waals surface area contributed by atoms with Crippen LogP contribution < -0.4 is 0 Å². The van der Waals surface area contributed by atoms with Crippen LogP contribution in [0.25, 0.3) is 5.57 Å². The molecule has 0 N–H and O–H groups in total. The molecule has 0 bridgehead atoms. The van der Waals surface area contributed by atoms with Gasteiger partial charge in [-0.1, -0.05) is 36.9 Å². The molecule has 0 aromatic heterocycles. The fraction of sp³-hybridized carbons (Fsp3) is 0.158. The summed E-state index contributed by atoms with van der Waals surface area (Å²) in [6, 6.07) is 14.5. The minimum atomic E-state index is -0.715. The number of nitrogens with zero attached hydrogens (tertiary/aromatic N) is 1. The van der Waals surface area contributed by atoms with Gasteiger partial charge in [-0.25, -0.2) is 9.18 Å². The number of amides is 1. The second kappa shape index (κ2) is 8.06. The number of carbonyl (C=O) groups excluding carboxylic acids is 2. The first kappa shape index (κ1) is 17.4. The van der Waals surface area contributed by atoms with Crippen LogP contribution >= 0.6 is 0 Å². The highest BCUT2D eigenvalue weighted by Gasteiger charge is 2.16. The summed E-state index contributed by atoms with van der Waals surface area (Å²) in [4.78, 5) is 28.9. The lowest BCUT2D eigenvalue weighted by atomic mass is 10.0. The maximum absolute atomic E-state index is 12.8. The molecular weight excluding hydrogens is 309 g/mol. The Morgan fingerprint density at radius 2 is 1.62 bits per heavy atom. The zero-order chi connectivity index (χ0) is 17.5. The van der Waals surface area contributed by atoms with E-state index in [2.05, 4.69) is 6.58 Å². The molecule has 0 aliphatic carbocycles. The molecule has 2 aromatic carbocycles. The van der Waals surface area contributed by atoms with E-state index in [0.717, 1.165) is 28.3 Å². The number of benzene rings is 2. The lowest BCUT2D eigenvalue weighted by Crippen LogP contribution is -2.29. The monoisotopic (exact) mass is 327 g/mol. The first-order chi connectivity index (χ1) is 11.5. The van der Waals surface area contributed by atoms with Crippen molar-refractivity contribution in [1.82, 2.24) is 5.06 Å². The molecular formula is C19H18FNO3. The van der Waals surface area contributed by atoms with Gasteiger partial charge in [0, 0.05) is 13.5 Å². The molecule has 0 radical (unpaired) electrons. The molecule has 124 valence electrons. The molecule has 0 saturated heterocycles. The van der Waals surface area contributed by atoms with Gasteiger partial charge in [0.05, 0.1) is 5.56 Å². The van der Waals surface area contributed by atoms with Gasteiger partial charge in [0.1, 0.15) is 5.82 Å². The van der Waals surface area contributed by atoms with Gasteiger partial charge in [-0.05, 0) is 41.8 Å². The zero-order valence-electron chi connectivity index (χ0n) is 13.4. The van der Waals surface area contributed by atoms with Crippen LogP contribution in [0, 0.1) is 5.82 Å². The molecule has 0 spiro atoms. The minimum absolute atomic E-state index is 0.168. The number of hydrogen-bond acceptors (Lipinski definition) is 3. The van der Waals surface area contributed by atoms with Crippen molar-refractivity contribution in [2.75, 3.05) is 7.05 Å². The molecule has 1 amide bonds. The Bertz CT molecular complexity index is 726. The molecule has 4 nitrogen and oxygen atoms in total. The number of halogens is 1. The largest absolute Gasteiger partial charge is 0.363 e. The van der Waals surface area contributed by atoms with Crippen LogP contribution in [0.3, 0.4) is 0 Å². The third-order valence-corrected chi connectivity index (χ3v) is 3.47. The number of allylic oxidation sites excluding steroid dienone is 1. The first-order valence-corrected chi connectivity index (χ1v) is 7.45. The highest BCUT2D eigenvalue weighted by molar-refractivity contribution is 5.90. The fourth-order valence-electron chi connectivity index (χ4n) is 2.05. The maximum atomic E-state index is 12.8. The molecule has 0 atom stereocenters. The number of carbonyl (C=O) groups is 2. The van der Waals surface area contributed by atoms with Gasteiger partial charge in [-0.2, -0.15) is 5.06 Å². The van der Waals surface area contributed by atoms with Gasteiger partial charge < -0.3 is 4.84 Å². The highest BCUT2D eigenvalue weighted by Crippen LogP contribution is 2.18. The third-order valence-electron chi connectivity index (χ3n) is 3.47. The third kappa shape index (κ3) is 4.78. The SMILES string of the molecule is C=C(CCC(=O)N(C)OC(=O)c1ccc(F)cc1)c1ccccc1. The number of rotatable bonds is 5. The summed E-state index contributed by atoms with van der Waals surface area (Å²) < 4.78 is 12.8. The minimum Gasteiger partial charge on any atom is -0.333 e. The van der Waals surface area contributed by atoms with Crippen LogP contribution in [0.1, 0.15) is 28.8 Å². The van der Waals surface area contributed by atoms with Gasteiger partial charge in [0.15, 0.2) is 0 Å². The Balaban J connectivity index is 1.84. The van der Waals surface area contributed by atoms with Gasteiger partial charge in [-0.3, -0.25) is 4.79 Å². The summed E-state index contributed by atoms with van der Waals surface area (Å²) >= 11 is 0. The van der Waals surface area contributed by atoms with Crippen molar-refractivity contribution in [2.45, 2.75) is 12.8 Å². The summed E-state index contributed by atoms with van der Waals surface area (Å²) in [7, 11) is 1.37. The Morgan fingerprint density at radius 1 is 1.00 bits per heavy atom. The second-order valence-corrected chi connectivity index (χ2v) is 5.25. The van der Waals surface area contributed by atoms with Crippen LogP contribution in [0.15, 0.2) is 61.2 Å². The van der Waals surface area contributed by atoms with Crippen molar-refractivity contribution < 1.29 is 18.8 Å². The molecule has 0 saturated carbocycles. The van der Waals surface area contributed by atoms with Crippen LogP contribution in [-0.4, -0.2) is 24.0 Å². The standard InChI is InChI=1S/C19H18FNO3/c1-14(15-6-4-3-5-7-15)8-13-18(22)21(2)24-19(23)16-9-11-17(20)12-10-16/h3-7,9-12H,1,8,13H2,2H3. The van der Waals surface area contributed by atoms with E-state index in [1.165, 1.54) is 19.2 Å². The Labute approximate surface area is 140 Å². The molecule has 2 aromatic rings. The van der Waals surface area contributed by atoms with E-state index < -0.39 is 11.8 Å². The van der Waals surface area contributed by atoms with Gasteiger partial charge in [0.25, 0.3) is 5.91 Å². The van der Waals surface area contributed by atoms with Crippen molar-refractivity contribution in [3.05, 3.63) is 78.1 Å². The van der Waals surface area contributed by atoms with E-state index in [9.17, 15) is 14.0 Å².